The predicted octanol–water partition coefficient (Wildman–Crippen LogP) is 3.46. The molecule has 104 valence electrons. The fraction of sp³-hybridized carbons (Fsp3) is 0.500. The molecule has 0 atom stereocenters. The molecule has 0 spiro atoms. The number of anilines is 2. The van der Waals surface area contributed by atoms with Crippen molar-refractivity contribution in [3.63, 3.8) is 0 Å². The second-order valence-corrected chi connectivity index (χ2v) is 5.15. The molecule has 0 radical (unpaired) electrons. The molecule has 0 saturated heterocycles. The van der Waals surface area contributed by atoms with Crippen LogP contribution in [0.4, 0.5) is 20.2 Å². The van der Waals surface area contributed by atoms with Crippen LogP contribution < -0.4 is 11.1 Å². The van der Waals surface area contributed by atoms with E-state index in [2.05, 4.69) is 5.32 Å². The van der Waals surface area contributed by atoms with Gasteiger partial charge in [-0.05, 0) is 25.3 Å². The van der Waals surface area contributed by atoms with Gasteiger partial charge in [0.1, 0.15) is 11.5 Å². The van der Waals surface area contributed by atoms with Gasteiger partial charge in [0.2, 0.25) is 5.91 Å². The summed E-state index contributed by atoms with van der Waals surface area (Å²) in [6.07, 6.45) is 4.32. The monoisotopic (exact) mass is 268 g/mol. The lowest BCUT2D eigenvalue weighted by Crippen LogP contribution is -2.33. The Morgan fingerprint density at radius 1 is 1.37 bits per heavy atom. The summed E-state index contributed by atoms with van der Waals surface area (Å²) in [6, 6.07) is 1.73. The number of nitrogens with one attached hydrogen (secondary N) is 1. The maximum atomic E-state index is 13.7. The highest BCUT2D eigenvalue weighted by molar-refractivity contribution is 5.98. The highest BCUT2D eigenvalue weighted by Crippen LogP contribution is 2.42. The first-order chi connectivity index (χ1) is 8.98. The fourth-order valence-corrected chi connectivity index (χ4v) is 2.76. The van der Waals surface area contributed by atoms with E-state index in [-0.39, 0.29) is 17.3 Å². The largest absolute Gasteiger partial charge is 0.397 e. The van der Waals surface area contributed by atoms with Crippen LogP contribution in [0.3, 0.4) is 0 Å². The molecule has 3 nitrogen and oxygen atoms in total. The molecule has 0 bridgehead atoms. The second-order valence-electron chi connectivity index (χ2n) is 5.15. The number of carbonyl (C=O) groups is 1. The molecule has 3 N–H and O–H groups in total. The number of benzene rings is 1. The lowest BCUT2D eigenvalue weighted by atomic mass is 9.82. The van der Waals surface area contributed by atoms with Crippen LogP contribution in [0.15, 0.2) is 12.1 Å². The first-order valence-electron chi connectivity index (χ1n) is 6.54. The van der Waals surface area contributed by atoms with Crippen molar-refractivity contribution >= 4 is 17.3 Å². The van der Waals surface area contributed by atoms with Crippen molar-refractivity contribution in [2.75, 3.05) is 11.1 Å². The first kappa shape index (κ1) is 13.8. The summed E-state index contributed by atoms with van der Waals surface area (Å²) in [6.45, 7) is 1.95. The maximum Gasteiger partial charge on any atom is 0.230 e. The van der Waals surface area contributed by atoms with Crippen LogP contribution in [0, 0.1) is 17.0 Å². The Balaban J connectivity index is 2.24. The van der Waals surface area contributed by atoms with Gasteiger partial charge in [-0.15, -0.1) is 0 Å². The Kier molecular flexibility index (Phi) is 3.73. The van der Waals surface area contributed by atoms with Gasteiger partial charge < -0.3 is 11.1 Å². The lowest BCUT2D eigenvalue weighted by molar-refractivity contribution is -0.125. The zero-order valence-electron chi connectivity index (χ0n) is 10.9. The molecular formula is C14H18F2N2O. The van der Waals surface area contributed by atoms with Gasteiger partial charge in [0.25, 0.3) is 0 Å². The van der Waals surface area contributed by atoms with E-state index in [1.807, 2.05) is 6.92 Å². The summed E-state index contributed by atoms with van der Waals surface area (Å²) < 4.78 is 26.6. The number of hydrogen-bond acceptors (Lipinski definition) is 2. The number of rotatable bonds is 3. The highest BCUT2D eigenvalue weighted by atomic mass is 19.1. The summed E-state index contributed by atoms with van der Waals surface area (Å²) >= 11 is 0. The van der Waals surface area contributed by atoms with E-state index in [1.165, 1.54) is 0 Å². The molecule has 1 aliphatic rings. The Bertz CT molecular complexity index is 473. The predicted molar refractivity (Wildman–Crippen MR) is 70.6 cm³/mol. The zero-order chi connectivity index (χ0) is 14.0. The molecule has 1 fully saturated rings. The van der Waals surface area contributed by atoms with Crippen LogP contribution in [-0.2, 0) is 4.79 Å². The van der Waals surface area contributed by atoms with Crippen molar-refractivity contribution in [3.05, 3.63) is 23.8 Å². The van der Waals surface area contributed by atoms with E-state index < -0.39 is 17.0 Å². The van der Waals surface area contributed by atoms with Crippen molar-refractivity contribution in [1.82, 2.24) is 0 Å². The van der Waals surface area contributed by atoms with Crippen molar-refractivity contribution < 1.29 is 13.6 Å². The fourth-order valence-electron chi connectivity index (χ4n) is 2.76. The third kappa shape index (κ3) is 2.55. The maximum absolute atomic E-state index is 13.7. The van der Waals surface area contributed by atoms with Gasteiger partial charge in [0.15, 0.2) is 5.82 Å². The van der Waals surface area contributed by atoms with E-state index in [4.69, 9.17) is 5.73 Å². The average Bonchev–Trinajstić information content (AvgIpc) is 2.83. The minimum atomic E-state index is -0.838. The number of amides is 1. The summed E-state index contributed by atoms with van der Waals surface area (Å²) in [7, 11) is 0. The van der Waals surface area contributed by atoms with Gasteiger partial charge in [-0.25, -0.2) is 8.78 Å². The van der Waals surface area contributed by atoms with E-state index >= 15 is 0 Å². The Labute approximate surface area is 111 Å². The third-order valence-electron chi connectivity index (χ3n) is 4.04. The van der Waals surface area contributed by atoms with Crippen LogP contribution in [0.25, 0.3) is 0 Å². The van der Waals surface area contributed by atoms with Crippen molar-refractivity contribution in [2.24, 2.45) is 5.41 Å². The summed E-state index contributed by atoms with van der Waals surface area (Å²) in [5.74, 6) is -1.81. The molecule has 19 heavy (non-hydrogen) atoms. The molecule has 5 heteroatoms. The first-order valence-corrected chi connectivity index (χ1v) is 6.54. The third-order valence-corrected chi connectivity index (χ3v) is 4.04. The van der Waals surface area contributed by atoms with Crippen LogP contribution in [0.2, 0.25) is 0 Å². The molecule has 0 unspecified atom stereocenters. The van der Waals surface area contributed by atoms with Crippen LogP contribution >= 0.6 is 0 Å². The molecule has 1 aromatic carbocycles. The standard InChI is InChI=1S/C14H18F2N2O/c1-2-14(5-3-4-6-14)13(19)18-12-10(16)7-9(15)8-11(12)17/h7-8H,2-6,17H2,1H3,(H,18,19). The molecule has 0 aromatic heterocycles. The number of carbonyl (C=O) groups excluding carboxylic acids is 1. The van der Waals surface area contributed by atoms with Crippen molar-refractivity contribution in [2.45, 2.75) is 39.0 Å². The van der Waals surface area contributed by atoms with Crippen LogP contribution in [0.5, 0.6) is 0 Å². The van der Waals surface area contributed by atoms with Gasteiger partial charge in [-0.2, -0.15) is 0 Å². The Morgan fingerprint density at radius 3 is 2.53 bits per heavy atom. The van der Waals surface area contributed by atoms with Gasteiger partial charge in [0.05, 0.1) is 5.69 Å². The smallest absolute Gasteiger partial charge is 0.230 e. The quantitative estimate of drug-likeness (QED) is 0.825. The second kappa shape index (κ2) is 5.15. The number of hydrogen-bond donors (Lipinski definition) is 2. The normalized spacial score (nSPS) is 17.4. The van der Waals surface area contributed by atoms with Crippen molar-refractivity contribution in [3.8, 4) is 0 Å². The van der Waals surface area contributed by atoms with Crippen molar-refractivity contribution in [1.29, 1.82) is 0 Å². The molecule has 0 aliphatic heterocycles. The topological polar surface area (TPSA) is 55.1 Å². The van der Waals surface area contributed by atoms with Gasteiger partial charge in [-0.3, -0.25) is 4.79 Å². The number of halogens is 2. The summed E-state index contributed by atoms with van der Waals surface area (Å²) in [5, 5.41) is 2.53. The van der Waals surface area contributed by atoms with Crippen LogP contribution in [0.1, 0.15) is 39.0 Å². The van der Waals surface area contributed by atoms with E-state index in [9.17, 15) is 13.6 Å². The molecule has 1 aromatic rings. The summed E-state index contributed by atoms with van der Waals surface area (Å²) in [5.41, 5.74) is 4.91. The lowest BCUT2D eigenvalue weighted by Gasteiger charge is -2.26. The molecular weight excluding hydrogens is 250 g/mol. The highest BCUT2D eigenvalue weighted by Gasteiger charge is 2.39. The molecule has 2 rings (SSSR count). The van der Waals surface area contributed by atoms with E-state index in [1.54, 1.807) is 0 Å². The average molecular weight is 268 g/mol. The molecule has 0 heterocycles. The Morgan fingerprint density at radius 2 is 2.00 bits per heavy atom. The molecule has 1 amide bonds. The molecule has 1 aliphatic carbocycles. The van der Waals surface area contributed by atoms with Crippen LogP contribution in [-0.4, -0.2) is 5.91 Å². The van der Waals surface area contributed by atoms with E-state index in [0.717, 1.165) is 37.8 Å². The number of nitrogens with two attached hydrogens (primary N) is 1. The number of nitrogen functional groups attached to an aromatic ring is 1. The SMILES string of the molecule is CCC1(C(=O)Nc2c(N)cc(F)cc2F)CCCC1. The minimum Gasteiger partial charge on any atom is -0.397 e. The van der Waals surface area contributed by atoms with E-state index in [0.29, 0.717) is 6.42 Å². The van der Waals surface area contributed by atoms with Gasteiger partial charge >= 0.3 is 0 Å². The zero-order valence-corrected chi connectivity index (χ0v) is 10.9. The Hall–Kier alpha value is -1.65. The van der Waals surface area contributed by atoms with Gasteiger partial charge in [0, 0.05) is 11.5 Å². The summed E-state index contributed by atoms with van der Waals surface area (Å²) in [4.78, 5) is 12.3. The molecule has 1 saturated carbocycles. The minimum absolute atomic E-state index is 0.0879. The van der Waals surface area contributed by atoms with Gasteiger partial charge in [-0.1, -0.05) is 19.8 Å².